The van der Waals surface area contributed by atoms with Crippen LogP contribution in [0.15, 0.2) is 51.8 Å². The van der Waals surface area contributed by atoms with Gasteiger partial charge in [0.1, 0.15) is 0 Å². The largest absolute Gasteiger partial charge is 0.452 e. The lowest BCUT2D eigenvalue weighted by molar-refractivity contribution is -0.150. The summed E-state index contributed by atoms with van der Waals surface area (Å²) in [6.07, 6.45) is -0.922. The molecular formula is C20H21BrN2O4S. The van der Waals surface area contributed by atoms with E-state index in [4.69, 9.17) is 4.74 Å². The Morgan fingerprint density at radius 3 is 2.25 bits per heavy atom. The Bertz CT molecular complexity index is 871. The van der Waals surface area contributed by atoms with Crippen LogP contribution < -0.4 is 10.6 Å². The minimum absolute atomic E-state index is 0.117. The van der Waals surface area contributed by atoms with Gasteiger partial charge in [-0.1, -0.05) is 15.9 Å². The second-order valence-electron chi connectivity index (χ2n) is 6.08. The summed E-state index contributed by atoms with van der Waals surface area (Å²) >= 11 is 4.77. The first-order valence-electron chi connectivity index (χ1n) is 8.51. The molecule has 0 radical (unpaired) electrons. The zero-order chi connectivity index (χ0) is 20.7. The third kappa shape index (κ3) is 7.01. The minimum Gasteiger partial charge on any atom is -0.452 e. The van der Waals surface area contributed by atoms with E-state index in [0.29, 0.717) is 11.4 Å². The number of aryl methyl sites for hydroxylation is 1. The van der Waals surface area contributed by atoms with Gasteiger partial charge in [0.2, 0.25) is 5.91 Å². The molecule has 0 aliphatic rings. The van der Waals surface area contributed by atoms with E-state index >= 15 is 0 Å². The number of benzene rings is 2. The lowest BCUT2D eigenvalue weighted by atomic mass is 10.2. The molecule has 2 rings (SSSR count). The summed E-state index contributed by atoms with van der Waals surface area (Å²) in [6, 6.07) is 12.5. The molecule has 0 fully saturated rings. The number of esters is 1. The van der Waals surface area contributed by atoms with Gasteiger partial charge < -0.3 is 15.4 Å². The van der Waals surface area contributed by atoms with Gasteiger partial charge in [0.25, 0.3) is 5.91 Å². The van der Waals surface area contributed by atoms with Gasteiger partial charge in [-0.05, 0) is 61.9 Å². The highest BCUT2D eigenvalue weighted by atomic mass is 79.9. The quantitative estimate of drug-likeness (QED) is 0.469. The second-order valence-corrected chi connectivity index (χ2v) is 8.01. The molecule has 0 unspecified atom stereocenters. The van der Waals surface area contributed by atoms with E-state index < -0.39 is 18.0 Å². The standard InChI is InChI=1S/C20H21BrN2O4S/c1-12-10-15(21)4-9-18(12)28-11-19(25)27-13(2)20(26)23-17-7-5-16(6-8-17)22-14(3)24/h4-10,13H,11H2,1-3H3,(H,22,24)(H,23,26)/t13-/m0/s1. The van der Waals surface area contributed by atoms with E-state index in [1.54, 1.807) is 24.3 Å². The molecule has 0 aromatic heterocycles. The summed E-state index contributed by atoms with van der Waals surface area (Å²) in [5.74, 6) is -0.944. The van der Waals surface area contributed by atoms with Crippen LogP contribution in [0.1, 0.15) is 19.4 Å². The molecule has 1 atom stereocenters. The van der Waals surface area contributed by atoms with Crippen molar-refractivity contribution < 1.29 is 19.1 Å². The van der Waals surface area contributed by atoms with Gasteiger partial charge in [-0.15, -0.1) is 11.8 Å². The van der Waals surface area contributed by atoms with Gasteiger partial charge in [0.15, 0.2) is 6.10 Å². The maximum atomic E-state index is 12.2. The van der Waals surface area contributed by atoms with E-state index in [1.807, 2.05) is 25.1 Å². The highest BCUT2D eigenvalue weighted by molar-refractivity contribution is 9.10. The molecule has 0 spiro atoms. The van der Waals surface area contributed by atoms with E-state index in [-0.39, 0.29) is 11.7 Å². The number of carbonyl (C=O) groups excluding carboxylic acids is 3. The lowest BCUT2D eigenvalue weighted by Crippen LogP contribution is -2.30. The Kier molecular flexibility index (Phi) is 8.07. The fourth-order valence-corrected chi connectivity index (χ4v) is 3.55. The van der Waals surface area contributed by atoms with Gasteiger partial charge in [0, 0.05) is 27.7 Å². The Morgan fingerprint density at radius 1 is 1.07 bits per heavy atom. The van der Waals surface area contributed by atoms with Crippen LogP contribution in [0.25, 0.3) is 0 Å². The lowest BCUT2D eigenvalue weighted by Gasteiger charge is -2.14. The first-order valence-corrected chi connectivity index (χ1v) is 10.3. The molecule has 2 amide bonds. The molecule has 0 heterocycles. The van der Waals surface area contributed by atoms with Crippen molar-refractivity contribution >= 4 is 56.9 Å². The summed E-state index contributed by atoms with van der Waals surface area (Å²) in [5.41, 5.74) is 2.23. The summed E-state index contributed by atoms with van der Waals surface area (Å²) in [5, 5.41) is 5.32. The zero-order valence-electron chi connectivity index (χ0n) is 15.7. The highest BCUT2D eigenvalue weighted by Gasteiger charge is 2.18. The van der Waals surface area contributed by atoms with E-state index in [1.165, 1.54) is 25.6 Å². The predicted molar refractivity (Wildman–Crippen MR) is 115 cm³/mol. The molecule has 2 aromatic carbocycles. The second kappa shape index (κ2) is 10.3. The number of amides is 2. The van der Waals surface area contributed by atoms with Gasteiger partial charge in [-0.2, -0.15) is 0 Å². The minimum atomic E-state index is -0.922. The number of halogens is 1. The number of nitrogens with one attached hydrogen (secondary N) is 2. The summed E-state index contributed by atoms with van der Waals surface area (Å²) in [7, 11) is 0. The average molecular weight is 465 g/mol. The molecule has 148 valence electrons. The van der Waals surface area contributed by atoms with Crippen molar-refractivity contribution in [2.24, 2.45) is 0 Å². The number of hydrogen-bond acceptors (Lipinski definition) is 5. The Hall–Kier alpha value is -2.32. The van der Waals surface area contributed by atoms with Crippen molar-refractivity contribution in [3.63, 3.8) is 0 Å². The maximum absolute atomic E-state index is 12.2. The Balaban J connectivity index is 1.82. The first-order chi connectivity index (χ1) is 13.2. The number of anilines is 2. The van der Waals surface area contributed by atoms with Crippen LogP contribution in [0.5, 0.6) is 0 Å². The number of rotatable bonds is 7. The average Bonchev–Trinajstić information content (AvgIpc) is 2.62. The van der Waals surface area contributed by atoms with E-state index in [0.717, 1.165) is 14.9 Å². The van der Waals surface area contributed by atoms with Crippen molar-refractivity contribution in [2.75, 3.05) is 16.4 Å². The van der Waals surface area contributed by atoms with Gasteiger partial charge in [-0.25, -0.2) is 0 Å². The molecule has 2 aromatic rings. The van der Waals surface area contributed by atoms with E-state index in [9.17, 15) is 14.4 Å². The predicted octanol–water partition coefficient (Wildman–Crippen LogP) is 4.38. The van der Waals surface area contributed by atoms with Crippen molar-refractivity contribution in [1.82, 2.24) is 0 Å². The molecule has 0 bridgehead atoms. The fraction of sp³-hybridized carbons (Fsp3) is 0.250. The van der Waals surface area contributed by atoms with Crippen LogP contribution >= 0.6 is 27.7 Å². The molecule has 6 nitrogen and oxygen atoms in total. The van der Waals surface area contributed by atoms with Crippen LogP contribution in [-0.2, 0) is 19.1 Å². The van der Waals surface area contributed by atoms with Crippen LogP contribution in [0, 0.1) is 6.92 Å². The molecule has 28 heavy (non-hydrogen) atoms. The SMILES string of the molecule is CC(=O)Nc1ccc(NC(=O)[C@H](C)OC(=O)CSc2ccc(Br)cc2C)cc1. The molecule has 2 N–H and O–H groups in total. The van der Waals surface area contributed by atoms with Crippen LogP contribution in [0.3, 0.4) is 0 Å². The summed E-state index contributed by atoms with van der Waals surface area (Å²) in [6.45, 7) is 4.90. The van der Waals surface area contributed by atoms with Crippen LogP contribution in [0.4, 0.5) is 11.4 Å². The molecule has 0 saturated carbocycles. The van der Waals surface area contributed by atoms with Gasteiger partial charge in [0.05, 0.1) is 5.75 Å². The van der Waals surface area contributed by atoms with Crippen molar-refractivity contribution in [1.29, 1.82) is 0 Å². The van der Waals surface area contributed by atoms with Crippen LogP contribution in [0.2, 0.25) is 0 Å². The van der Waals surface area contributed by atoms with Crippen LogP contribution in [-0.4, -0.2) is 29.6 Å². The zero-order valence-corrected chi connectivity index (χ0v) is 18.1. The summed E-state index contributed by atoms with van der Waals surface area (Å²) in [4.78, 5) is 36.2. The van der Waals surface area contributed by atoms with Crippen molar-refractivity contribution in [3.8, 4) is 0 Å². The smallest absolute Gasteiger partial charge is 0.317 e. The van der Waals surface area contributed by atoms with Crippen molar-refractivity contribution in [2.45, 2.75) is 31.8 Å². The molecule has 0 aliphatic carbocycles. The number of carbonyl (C=O) groups is 3. The Labute approximate surface area is 176 Å². The molecule has 8 heteroatoms. The number of ether oxygens (including phenoxy) is 1. The number of hydrogen-bond donors (Lipinski definition) is 2. The molecule has 0 aliphatic heterocycles. The maximum Gasteiger partial charge on any atom is 0.317 e. The van der Waals surface area contributed by atoms with Gasteiger partial charge >= 0.3 is 5.97 Å². The van der Waals surface area contributed by atoms with Gasteiger partial charge in [-0.3, -0.25) is 14.4 Å². The normalized spacial score (nSPS) is 11.4. The van der Waals surface area contributed by atoms with E-state index in [2.05, 4.69) is 26.6 Å². The number of thioether (sulfide) groups is 1. The molecular weight excluding hydrogens is 444 g/mol. The van der Waals surface area contributed by atoms with Crippen molar-refractivity contribution in [3.05, 3.63) is 52.5 Å². The first kappa shape index (κ1) is 22.0. The third-order valence-corrected chi connectivity index (χ3v) is 5.28. The molecule has 0 saturated heterocycles. The highest BCUT2D eigenvalue weighted by Crippen LogP contribution is 2.25. The third-order valence-electron chi connectivity index (χ3n) is 3.63. The fourth-order valence-electron chi connectivity index (χ4n) is 2.28. The monoisotopic (exact) mass is 464 g/mol. The Morgan fingerprint density at radius 2 is 1.68 bits per heavy atom. The topological polar surface area (TPSA) is 84.5 Å². The summed E-state index contributed by atoms with van der Waals surface area (Å²) < 4.78 is 6.19.